The van der Waals surface area contributed by atoms with Crippen LogP contribution in [-0.4, -0.2) is 19.9 Å². The molecule has 0 saturated carbocycles. The number of hydrogen-bond acceptors (Lipinski definition) is 5. The summed E-state index contributed by atoms with van der Waals surface area (Å²) in [4.78, 5) is 0. The van der Waals surface area contributed by atoms with Crippen LogP contribution in [0.25, 0.3) is 11.5 Å². The topological polar surface area (TPSA) is 66.0 Å². The lowest BCUT2D eigenvalue weighted by atomic mass is 10.1. The van der Waals surface area contributed by atoms with Crippen molar-refractivity contribution < 1.29 is 9.26 Å². The highest BCUT2D eigenvalue weighted by atomic mass is 16.5. The van der Waals surface area contributed by atoms with Crippen LogP contribution in [-0.2, 0) is 19.6 Å². The Labute approximate surface area is 134 Å². The molecule has 4 rings (SSSR count). The zero-order chi connectivity index (χ0) is 15.8. The van der Waals surface area contributed by atoms with Crippen LogP contribution in [0.5, 0.6) is 5.75 Å². The SMILES string of the molecule is CC(C)Cc1cc(-c2nnc3n2Cc2ccccc2OC3)no1. The number of nitrogens with zero attached hydrogens (tertiary/aromatic N) is 4. The van der Waals surface area contributed by atoms with E-state index < -0.39 is 0 Å². The summed E-state index contributed by atoms with van der Waals surface area (Å²) in [5.41, 5.74) is 1.83. The van der Waals surface area contributed by atoms with Gasteiger partial charge in [0, 0.05) is 18.1 Å². The number of ether oxygens (including phenoxy) is 1. The van der Waals surface area contributed by atoms with E-state index in [1.54, 1.807) is 0 Å². The maximum atomic E-state index is 5.81. The number of aromatic nitrogens is 4. The van der Waals surface area contributed by atoms with Crippen molar-refractivity contribution in [3.63, 3.8) is 0 Å². The molecule has 3 heterocycles. The molecule has 0 atom stereocenters. The van der Waals surface area contributed by atoms with Crippen LogP contribution in [0.4, 0.5) is 0 Å². The van der Waals surface area contributed by atoms with Gasteiger partial charge in [-0.3, -0.25) is 0 Å². The maximum Gasteiger partial charge on any atom is 0.186 e. The fraction of sp³-hybridized carbons (Fsp3) is 0.353. The first-order chi connectivity index (χ1) is 11.2. The molecule has 0 spiro atoms. The van der Waals surface area contributed by atoms with E-state index in [0.717, 1.165) is 40.8 Å². The molecule has 0 radical (unpaired) electrons. The molecular formula is C17H18N4O2. The number of para-hydroxylation sites is 1. The van der Waals surface area contributed by atoms with Crippen molar-refractivity contribution in [3.05, 3.63) is 47.5 Å². The summed E-state index contributed by atoms with van der Waals surface area (Å²) in [6, 6.07) is 9.97. The minimum absolute atomic E-state index is 0.403. The van der Waals surface area contributed by atoms with Crippen molar-refractivity contribution in [2.75, 3.05) is 0 Å². The fourth-order valence-corrected chi connectivity index (χ4v) is 2.80. The van der Waals surface area contributed by atoms with Crippen LogP contribution in [0.3, 0.4) is 0 Å². The van der Waals surface area contributed by atoms with Crippen LogP contribution < -0.4 is 4.74 Å². The fourth-order valence-electron chi connectivity index (χ4n) is 2.80. The predicted molar refractivity (Wildman–Crippen MR) is 83.9 cm³/mol. The second-order valence-corrected chi connectivity index (χ2v) is 6.20. The monoisotopic (exact) mass is 310 g/mol. The van der Waals surface area contributed by atoms with E-state index in [1.807, 2.05) is 28.8 Å². The van der Waals surface area contributed by atoms with E-state index in [1.165, 1.54) is 0 Å². The second-order valence-electron chi connectivity index (χ2n) is 6.20. The van der Waals surface area contributed by atoms with Crippen molar-refractivity contribution in [1.82, 2.24) is 19.9 Å². The largest absolute Gasteiger partial charge is 0.485 e. The van der Waals surface area contributed by atoms with Gasteiger partial charge in [0.05, 0.1) is 6.54 Å². The number of fused-ring (bicyclic) bond motifs is 2. The number of rotatable bonds is 3. The highest BCUT2D eigenvalue weighted by molar-refractivity contribution is 5.50. The van der Waals surface area contributed by atoms with Crippen LogP contribution in [0.1, 0.15) is 31.0 Å². The Morgan fingerprint density at radius 2 is 2.09 bits per heavy atom. The van der Waals surface area contributed by atoms with Gasteiger partial charge in [0.15, 0.2) is 17.3 Å². The zero-order valence-electron chi connectivity index (χ0n) is 13.2. The Hall–Kier alpha value is -2.63. The predicted octanol–water partition coefficient (Wildman–Crippen LogP) is 3.07. The van der Waals surface area contributed by atoms with E-state index >= 15 is 0 Å². The summed E-state index contributed by atoms with van der Waals surface area (Å²) in [5, 5.41) is 12.7. The Kier molecular flexibility index (Phi) is 3.37. The molecule has 1 aliphatic heterocycles. The van der Waals surface area contributed by atoms with E-state index in [0.29, 0.717) is 19.1 Å². The summed E-state index contributed by atoms with van der Waals surface area (Å²) in [7, 11) is 0. The molecule has 0 aliphatic carbocycles. The molecule has 1 aromatic carbocycles. The summed E-state index contributed by atoms with van der Waals surface area (Å²) < 4.78 is 13.3. The third-order valence-corrected chi connectivity index (χ3v) is 3.88. The van der Waals surface area contributed by atoms with Gasteiger partial charge >= 0.3 is 0 Å². The highest BCUT2D eigenvalue weighted by Gasteiger charge is 2.22. The van der Waals surface area contributed by atoms with Gasteiger partial charge < -0.3 is 13.8 Å². The summed E-state index contributed by atoms with van der Waals surface area (Å²) in [5.74, 6) is 3.80. The second kappa shape index (κ2) is 5.53. The van der Waals surface area contributed by atoms with Gasteiger partial charge in [-0.1, -0.05) is 37.2 Å². The Balaban J connectivity index is 1.71. The number of benzene rings is 1. The Bertz CT molecular complexity index is 835. The molecule has 0 saturated heterocycles. The van der Waals surface area contributed by atoms with Crippen LogP contribution in [0.15, 0.2) is 34.9 Å². The first-order valence-corrected chi connectivity index (χ1v) is 7.79. The molecule has 0 N–H and O–H groups in total. The molecule has 2 aromatic heterocycles. The van der Waals surface area contributed by atoms with Gasteiger partial charge in [0.2, 0.25) is 0 Å². The lowest BCUT2D eigenvalue weighted by molar-refractivity contribution is 0.297. The van der Waals surface area contributed by atoms with Crippen molar-refractivity contribution in [3.8, 4) is 17.3 Å². The average molecular weight is 310 g/mol. The first-order valence-electron chi connectivity index (χ1n) is 7.79. The Morgan fingerprint density at radius 1 is 1.22 bits per heavy atom. The molecule has 6 heteroatoms. The quantitative estimate of drug-likeness (QED) is 0.744. The summed E-state index contributed by atoms with van der Waals surface area (Å²) in [6.45, 7) is 5.38. The minimum atomic E-state index is 0.403. The molecule has 1 aliphatic rings. The molecule has 3 aromatic rings. The lowest BCUT2D eigenvalue weighted by Crippen LogP contribution is -2.05. The van der Waals surface area contributed by atoms with Crippen LogP contribution in [0, 0.1) is 5.92 Å². The summed E-state index contributed by atoms with van der Waals surface area (Å²) >= 11 is 0. The molecule has 0 unspecified atom stereocenters. The van der Waals surface area contributed by atoms with Crippen molar-refractivity contribution in [2.24, 2.45) is 5.92 Å². The maximum absolute atomic E-state index is 5.81. The van der Waals surface area contributed by atoms with Crippen molar-refractivity contribution in [1.29, 1.82) is 0 Å². The van der Waals surface area contributed by atoms with E-state index in [9.17, 15) is 0 Å². The minimum Gasteiger partial charge on any atom is -0.485 e. The van der Waals surface area contributed by atoms with Gasteiger partial charge in [-0.2, -0.15) is 0 Å². The van der Waals surface area contributed by atoms with Crippen LogP contribution in [0.2, 0.25) is 0 Å². The summed E-state index contributed by atoms with van der Waals surface area (Å²) in [6.07, 6.45) is 0.861. The number of hydrogen-bond donors (Lipinski definition) is 0. The van der Waals surface area contributed by atoms with Crippen LogP contribution >= 0.6 is 0 Å². The van der Waals surface area contributed by atoms with Gasteiger partial charge in [-0.05, 0) is 12.0 Å². The molecule has 0 amide bonds. The van der Waals surface area contributed by atoms with E-state index in [4.69, 9.17) is 9.26 Å². The van der Waals surface area contributed by atoms with Gasteiger partial charge in [0.1, 0.15) is 18.1 Å². The molecule has 6 nitrogen and oxygen atoms in total. The molecule has 0 bridgehead atoms. The first kappa shape index (κ1) is 14.0. The van der Waals surface area contributed by atoms with Gasteiger partial charge in [-0.15, -0.1) is 10.2 Å². The molecule has 118 valence electrons. The third kappa shape index (κ3) is 2.60. The van der Waals surface area contributed by atoms with E-state index in [2.05, 4.69) is 35.3 Å². The molecule has 0 fully saturated rings. The van der Waals surface area contributed by atoms with Gasteiger partial charge in [-0.25, -0.2) is 0 Å². The third-order valence-electron chi connectivity index (χ3n) is 3.88. The lowest BCUT2D eigenvalue weighted by Gasteiger charge is -2.06. The van der Waals surface area contributed by atoms with E-state index in [-0.39, 0.29) is 0 Å². The smallest absolute Gasteiger partial charge is 0.186 e. The Morgan fingerprint density at radius 3 is 2.96 bits per heavy atom. The van der Waals surface area contributed by atoms with Crippen molar-refractivity contribution in [2.45, 2.75) is 33.4 Å². The normalized spacial score (nSPS) is 13.3. The molecule has 23 heavy (non-hydrogen) atoms. The zero-order valence-corrected chi connectivity index (χ0v) is 13.2. The van der Waals surface area contributed by atoms with Gasteiger partial charge in [0.25, 0.3) is 0 Å². The standard InChI is InChI=1S/C17H18N4O2/c1-11(2)7-13-8-14(20-23-13)17-19-18-16-10-22-15-6-4-3-5-12(15)9-21(16)17/h3-6,8,11H,7,9-10H2,1-2H3. The molecular weight excluding hydrogens is 292 g/mol. The van der Waals surface area contributed by atoms with Crippen molar-refractivity contribution >= 4 is 0 Å². The average Bonchev–Trinajstić information content (AvgIpc) is 3.08. The highest BCUT2D eigenvalue weighted by Crippen LogP contribution is 2.27.